The summed E-state index contributed by atoms with van der Waals surface area (Å²) < 4.78 is 0. The molecule has 3 nitrogen and oxygen atoms in total. The van der Waals surface area contributed by atoms with Crippen LogP contribution in [0.5, 0.6) is 0 Å². The average molecular weight is 257 g/mol. The topological polar surface area (TPSA) is 40.7 Å². The fourth-order valence-electron chi connectivity index (χ4n) is 2.93. The van der Waals surface area contributed by atoms with E-state index in [1.54, 1.807) is 0 Å². The van der Waals surface area contributed by atoms with Gasteiger partial charge in [-0.25, -0.2) is 0 Å². The molecule has 1 aromatic carbocycles. The predicted octanol–water partition coefficient (Wildman–Crippen LogP) is 4.12. The molecule has 0 aliphatic rings. The van der Waals surface area contributed by atoms with Crippen molar-refractivity contribution in [3.8, 4) is 0 Å². The van der Waals surface area contributed by atoms with Gasteiger partial charge in [0.25, 0.3) is 0 Å². The summed E-state index contributed by atoms with van der Waals surface area (Å²) in [5.74, 6) is 0. The minimum Gasteiger partial charge on any atom is -0.376 e. The van der Waals surface area contributed by atoms with Gasteiger partial charge in [-0.2, -0.15) is 5.10 Å². The molecule has 2 rings (SSSR count). The Bertz CT molecular complexity index is 554. The summed E-state index contributed by atoms with van der Waals surface area (Å²) in [5.41, 5.74) is 8.62. The molecule has 1 atom stereocenters. The van der Waals surface area contributed by atoms with Crippen molar-refractivity contribution >= 4 is 5.69 Å². The lowest BCUT2D eigenvalue weighted by Crippen LogP contribution is -2.11. The molecule has 0 aliphatic heterocycles. The standard InChI is InChI=1S/C16H23N3/c1-9-7-10(2)15(11(3)8-9)12(4)17-16-13(5)18-19-14(16)6/h7-8,12,17H,1-6H3,(H,18,19). The highest BCUT2D eigenvalue weighted by atomic mass is 15.2. The minimum atomic E-state index is 0.274. The molecule has 102 valence electrons. The van der Waals surface area contributed by atoms with E-state index in [0.717, 1.165) is 17.1 Å². The van der Waals surface area contributed by atoms with Gasteiger partial charge < -0.3 is 5.32 Å². The van der Waals surface area contributed by atoms with E-state index in [4.69, 9.17) is 0 Å². The lowest BCUT2D eigenvalue weighted by Gasteiger charge is -2.21. The molecule has 2 N–H and O–H groups in total. The quantitative estimate of drug-likeness (QED) is 0.868. The third kappa shape index (κ3) is 2.65. The van der Waals surface area contributed by atoms with Crippen molar-refractivity contribution in [2.75, 3.05) is 5.32 Å². The zero-order chi connectivity index (χ0) is 14.2. The van der Waals surface area contributed by atoms with Crippen LogP contribution in [0.2, 0.25) is 0 Å². The van der Waals surface area contributed by atoms with Crippen molar-refractivity contribution in [1.82, 2.24) is 10.2 Å². The molecule has 0 fully saturated rings. The van der Waals surface area contributed by atoms with E-state index in [1.807, 2.05) is 13.8 Å². The summed E-state index contributed by atoms with van der Waals surface area (Å²) >= 11 is 0. The van der Waals surface area contributed by atoms with Gasteiger partial charge in [0, 0.05) is 6.04 Å². The Morgan fingerprint density at radius 2 is 1.63 bits per heavy atom. The van der Waals surface area contributed by atoms with E-state index in [0.29, 0.717) is 0 Å². The van der Waals surface area contributed by atoms with Crippen molar-refractivity contribution in [1.29, 1.82) is 0 Å². The number of H-pyrrole nitrogens is 1. The van der Waals surface area contributed by atoms with Crippen LogP contribution in [0.15, 0.2) is 12.1 Å². The smallest absolute Gasteiger partial charge is 0.0825 e. The first kappa shape index (κ1) is 13.7. The summed E-state index contributed by atoms with van der Waals surface area (Å²) in [4.78, 5) is 0. The molecular formula is C16H23N3. The molecule has 19 heavy (non-hydrogen) atoms. The number of benzene rings is 1. The first-order valence-corrected chi connectivity index (χ1v) is 6.76. The number of aryl methyl sites for hydroxylation is 5. The van der Waals surface area contributed by atoms with E-state index in [-0.39, 0.29) is 6.04 Å². The monoisotopic (exact) mass is 257 g/mol. The lowest BCUT2D eigenvalue weighted by atomic mass is 9.94. The number of aromatic nitrogens is 2. The molecule has 1 unspecified atom stereocenters. The maximum Gasteiger partial charge on any atom is 0.0825 e. The number of aromatic amines is 1. The van der Waals surface area contributed by atoms with Crippen molar-refractivity contribution in [3.05, 3.63) is 45.8 Å². The van der Waals surface area contributed by atoms with Gasteiger partial charge in [-0.15, -0.1) is 0 Å². The highest BCUT2D eigenvalue weighted by Gasteiger charge is 2.15. The second-order valence-electron chi connectivity index (χ2n) is 5.49. The summed E-state index contributed by atoms with van der Waals surface area (Å²) in [6.07, 6.45) is 0. The van der Waals surface area contributed by atoms with Gasteiger partial charge in [-0.1, -0.05) is 17.7 Å². The summed E-state index contributed by atoms with van der Waals surface area (Å²) in [5, 5.41) is 10.8. The highest BCUT2D eigenvalue weighted by Crippen LogP contribution is 2.28. The average Bonchev–Trinajstić information content (AvgIpc) is 2.59. The van der Waals surface area contributed by atoms with Crippen LogP contribution in [0, 0.1) is 34.6 Å². The third-order valence-electron chi connectivity index (χ3n) is 3.66. The zero-order valence-corrected chi connectivity index (χ0v) is 12.7. The van der Waals surface area contributed by atoms with E-state index in [9.17, 15) is 0 Å². The molecule has 0 spiro atoms. The molecule has 0 bridgehead atoms. The number of rotatable bonds is 3. The summed E-state index contributed by atoms with van der Waals surface area (Å²) in [7, 11) is 0. The number of nitrogens with zero attached hydrogens (tertiary/aromatic N) is 1. The van der Waals surface area contributed by atoms with Crippen LogP contribution in [0.25, 0.3) is 0 Å². The molecule has 0 aliphatic carbocycles. The molecule has 0 radical (unpaired) electrons. The van der Waals surface area contributed by atoms with Crippen molar-refractivity contribution < 1.29 is 0 Å². The van der Waals surface area contributed by atoms with Crippen LogP contribution in [0.3, 0.4) is 0 Å². The van der Waals surface area contributed by atoms with E-state index in [1.165, 1.54) is 22.3 Å². The van der Waals surface area contributed by atoms with Crippen LogP contribution in [0.1, 0.15) is 46.6 Å². The lowest BCUT2D eigenvalue weighted by molar-refractivity contribution is 0.858. The molecule has 0 saturated heterocycles. The Kier molecular flexibility index (Phi) is 3.65. The molecule has 2 aromatic rings. The minimum absolute atomic E-state index is 0.274. The van der Waals surface area contributed by atoms with E-state index in [2.05, 4.69) is 55.3 Å². The highest BCUT2D eigenvalue weighted by molar-refractivity contribution is 5.54. The molecule has 1 heterocycles. The Balaban J connectivity index is 2.33. The van der Waals surface area contributed by atoms with Gasteiger partial charge >= 0.3 is 0 Å². The molecule has 3 heteroatoms. The number of hydrogen-bond acceptors (Lipinski definition) is 2. The van der Waals surface area contributed by atoms with Gasteiger partial charge in [-0.3, -0.25) is 5.10 Å². The zero-order valence-electron chi connectivity index (χ0n) is 12.7. The Morgan fingerprint density at radius 1 is 1.05 bits per heavy atom. The van der Waals surface area contributed by atoms with Gasteiger partial charge in [0.1, 0.15) is 0 Å². The maximum atomic E-state index is 4.23. The Labute approximate surface area is 115 Å². The van der Waals surface area contributed by atoms with Crippen molar-refractivity contribution in [2.45, 2.75) is 47.6 Å². The van der Waals surface area contributed by atoms with Crippen LogP contribution >= 0.6 is 0 Å². The number of nitrogens with one attached hydrogen (secondary N) is 2. The van der Waals surface area contributed by atoms with Crippen molar-refractivity contribution in [2.24, 2.45) is 0 Å². The molecular weight excluding hydrogens is 234 g/mol. The summed E-state index contributed by atoms with van der Waals surface area (Å²) in [6.45, 7) is 12.8. The van der Waals surface area contributed by atoms with E-state index >= 15 is 0 Å². The van der Waals surface area contributed by atoms with Gasteiger partial charge in [-0.05, 0) is 58.2 Å². The fourth-order valence-corrected chi connectivity index (χ4v) is 2.93. The first-order valence-electron chi connectivity index (χ1n) is 6.76. The van der Waals surface area contributed by atoms with Crippen LogP contribution in [-0.2, 0) is 0 Å². The number of anilines is 1. The van der Waals surface area contributed by atoms with Crippen LogP contribution in [-0.4, -0.2) is 10.2 Å². The van der Waals surface area contributed by atoms with Gasteiger partial charge in [0.2, 0.25) is 0 Å². The fraction of sp³-hybridized carbons (Fsp3) is 0.438. The van der Waals surface area contributed by atoms with Crippen LogP contribution < -0.4 is 5.32 Å². The van der Waals surface area contributed by atoms with Gasteiger partial charge in [0.05, 0.1) is 17.1 Å². The Hall–Kier alpha value is -1.77. The van der Waals surface area contributed by atoms with Crippen molar-refractivity contribution in [3.63, 3.8) is 0 Å². The third-order valence-corrected chi connectivity index (χ3v) is 3.66. The second-order valence-corrected chi connectivity index (χ2v) is 5.49. The largest absolute Gasteiger partial charge is 0.376 e. The van der Waals surface area contributed by atoms with E-state index < -0.39 is 0 Å². The SMILES string of the molecule is Cc1cc(C)c(C(C)Nc2c(C)n[nH]c2C)c(C)c1. The predicted molar refractivity (Wildman–Crippen MR) is 80.8 cm³/mol. The molecule has 1 aromatic heterocycles. The van der Waals surface area contributed by atoms with Crippen LogP contribution in [0.4, 0.5) is 5.69 Å². The maximum absolute atomic E-state index is 4.23. The summed E-state index contributed by atoms with van der Waals surface area (Å²) in [6, 6.07) is 4.76. The molecule has 0 amide bonds. The van der Waals surface area contributed by atoms with Gasteiger partial charge in [0.15, 0.2) is 0 Å². The number of hydrogen-bond donors (Lipinski definition) is 2. The Morgan fingerprint density at radius 3 is 2.11 bits per heavy atom. The normalized spacial score (nSPS) is 12.5. The second kappa shape index (κ2) is 5.08. The first-order chi connectivity index (χ1) is 8.90. The molecule has 0 saturated carbocycles.